The zero-order valence-corrected chi connectivity index (χ0v) is 20.5. The van der Waals surface area contributed by atoms with E-state index in [1.807, 2.05) is 0 Å². The van der Waals surface area contributed by atoms with Crippen molar-refractivity contribution in [3.8, 4) is 0 Å². The van der Waals surface area contributed by atoms with Crippen LogP contribution in [0.4, 0.5) is 11.5 Å². The summed E-state index contributed by atoms with van der Waals surface area (Å²) in [5, 5.41) is 20.5. The molecule has 3 aromatic rings. The van der Waals surface area contributed by atoms with E-state index in [9.17, 15) is 14.9 Å². The predicted octanol–water partition coefficient (Wildman–Crippen LogP) is 3.96. The molecule has 180 valence electrons. The number of piperidine rings is 1. The van der Waals surface area contributed by atoms with Crippen LogP contribution in [0.5, 0.6) is 0 Å². The first kappa shape index (κ1) is 23.9. The molecule has 1 amide bonds. The largest absolute Gasteiger partial charge is 0.356 e. The summed E-state index contributed by atoms with van der Waals surface area (Å²) in [4.78, 5) is 35.2. The average Bonchev–Trinajstić information content (AvgIpc) is 3.21. The molecule has 0 bridgehead atoms. The van der Waals surface area contributed by atoms with Crippen molar-refractivity contribution in [1.29, 1.82) is 0 Å². The van der Waals surface area contributed by atoms with Crippen LogP contribution in [-0.2, 0) is 6.54 Å². The zero-order chi connectivity index (χ0) is 24.2. The number of nitrogens with zero attached hydrogens (tertiary/aromatic N) is 6. The van der Waals surface area contributed by atoms with Crippen LogP contribution in [0.2, 0.25) is 0 Å². The lowest BCUT2D eigenvalue weighted by atomic mass is 10.1. The lowest BCUT2D eigenvalue weighted by Gasteiger charge is -2.28. The van der Waals surface area contributed by atoms with Crippen molar-refractivity contribution in [2.24, 2.45) is 0 Å². The molecule has 4 rings (SSSR count). The van der Waals surface area contributed by atoms with E-state index in [1.54, 1.807) is 41.7 Å². The maximum atomic E-state index is 12.6. The smallest absolute Gasteiger partial charge is 0.273 e. The van der Waals surface area contributed by atoms with Gasteiger partial charge >= 0.3 is 0 Å². The van der Waals surface area contributed by atoms with Gasteiger partial charge in [-0.15, -0.1) is 0 Å². The molecule has 1 N–H and O–H groups in total. The van der Waals surface area contributed by atoms with Crippen molar-refractivity contribution in [3.63, 3.8) is 0 Å². The molecule has 1 saturated heterocycles. The number of rotatable bonds is 8. The monoisotopic (exact) mass is 483 g/mol. The molecule has 0 radical (unpaired) electrons. The van der Waals surface area contributed by atoms with Crippen molar-refractivity contribution in [3.05, 3.63) is 45.6 Å². The summed E-state index contributed by atoms with van der Waals surface area (Å²) in [6.07, 6.45) is 5.33. The molecule has 0 saturated carbocycles. The Morgan fingerprint density at radius 1 is 1.24 bits per heavy atom. The van der Waals surface area contributed by atoms with E-state index in [0.717, 1.165) is 47.9 Å². The highest BCUT2D eigenvalue weighted by atomic mass is 32.2. The number of amides is 1. The van der Waals surface area contributed by atoms with E-state index in [-0.39, 0.29) is 17.2 Å². The van der Waals surface area contributed by atoms with E-state index in [2.05, 4.69) is 29.2 Å². The van der Waals surface area contributed by atoms with Gasteiger partial charge in [0.2, 0.25) is 0 Å². The molecule has 1 aliphatic rings. The van der Waals surface area contributed by atoms with Crippen LogP contribution in [0.15, 0.2) is 29.6 Å². The second-order valence-corrected chi connectivity index (χ2v) is 10.2. The first-order valence-corrected chi connectivity index (χ1v) is 12.4. The highest BCUT2D eigenvalue weighted by Gasteiger charge is 2.21. The van der Waals surface area contributed by atoms with Gasteiger partial charge in [0.25, 0.3) is 11.6 Å². The van der Waals surface area contributed by atoms with Gasteiger partial charge in [-0.25, -0.2) is 14.6 Å². The van der Waals surface area contributed by atoms with Gasteiger partial charge in [-0.1, -0.05) is 31.7 Å². The van der Waals surface area contributed by atoms with Crippen LogP contribution in [-0.4, -0.2) is 55.5 Å². The Hall–Kier alpha value is -3.21. The summed E-state index contributed by atoms with van der Waals surface area (Å²) in [6, 6.07) is 4.48. The topological polar surface area (TPSA) is 119 Å². The number of aryl methyl sites for hydroxylation is 1. The van der Waals surface area contributed by atoms with Crippen molar-refractivity contribution >= 4 is 40.2 Å². The Kier molecular flexibility index (Phi) is 7.30. The summed E-state index contributed by atoms with van der Waals surface area (Å²) in [5.41, 5.74) is 1.46. The summed E-state index contributed by atoms with van der Waals surface area (Å²) < 4.78 is 1.78. The van der Waals surface area contributed by atoms with Crippen LogP contribution < -0.4 is 10.2 Å². The van der Waals surface area contributed by atoms with E-state index in [0.29, 0.717) is 23.9 Å². The number of nitrogens with one attached hydrogen (secondary N) is 1. The number of nitro benzene ring substituents is 1. The van der Waals surface area contributed by atoms with Gasteiger partial charge < -0.3 is 10.2 Å². The maximum Gasteiger partial charge on any atom is 0.273 e. The average molecular weight is 484 g/mol. The second-order valence-electron chi connectivity index (χ2n) is 8.66. The van der Waals surface area contributed by atoms with Crippen molar-refractivity contribution in [1.82, 2.24) is 25.1 Å². The number of nitro groups is 1. The van der Waals surface area contributed by atoms with Gasteiger partial charge in [0.1, 0.15) is 5.82 Å². The Balaban J connectivity index is 1.52. The third-order valence-corrected chi connectivity index (χ3v) is 6.59. The molecule has 0 spiro atoms. The van der Waals surface area contributed by atoms with Crippen molar-refractivity contribution < 1.29 is 9.72 Å². The highest BCUT2D eigenvalue weighted by molar-refractivity contribution is 7.99. The standard InChI is InChI=1S/C23H29N7O3S/c1-15(2)34-23-26-20(28-10-5-4-6-11-28)18-14-25-29(21(18)27-23)12-9-24-22(31)17-8-7-16(3)19(13-17)30(32)33/h7-8,13-15H,4-6,9-12H2,1-3H3,(H,24,31). The van der Waals surface area contributed by atoms with Gasteiger partial charge in [0, 0.05) is 42.1 Å². The molecule has 11 heteroatoms. The first-order valence-electron chi connectivity index (χ1n) is 11.5. The van der Waals surface area contributed by atoms with Crippen LogP contribution in [0.25, 0.3) is 11.0 Å². The third kappa shape index (κ3) is 5.30. The molecule has 1 aromatic carbocycles. The Labute approximate surface area is 202 Å². The summed E-state index contributed by atoms with van der Waals surface area (Å²) >= 11 is 1.62. The second kappa shape index (κ2) is 10.4. The number of carbonyl (C=O) groups excluding carboxylic acids is 1. The number of thioether (sulfide) groups is 1. The summed E-state index contributed by atoms with van der Waals surface area (Å²) in [7, 11) is 0. The normalized spacial score (nSPS) is 14.1. The fourth-order valence-corrected chi connectivity index (χ4v) is 4.72. The zero-order valence-electron chi connectivity index (χ0n) is 19.7. The number of carbonyl (C=O) groups is 1. The molecule has 10 nitrogen and oxygen atoms in total. The molecule has 0 atom stereocenters. The van der Waals surface area contributed by atoms with E-state index in [1.165, 1.54) is 12.5 Å². The Morgan fingerprint density at radius 2 is 2.00 bits per heavy atom. The Morgan fingerprint density at radius 3 is 2.71 bits per heavy atom. The molecule has 2 aromatic heterocycles. The minimum atomic E-state index is -0.478. The van der Waals surface area contributed by atoms with Crippen LogP contribution in [0.3, 0.4) is 0 Å². The number of hydrogen-bond donors (Lipinski definition) is 1. The Bertz CT molecular complexity index is 1200. The molecule has 1 fully saturated rings. The maximum absolute atomic E-state index is 12.6. The van der Waals surface area contributed by atoms with E-state index < -0.39 is 4.92 Å². The molecule has 0 unspecified atom stereocenters. The van der Waals surface area contributed by atoms with Gasteiger partial charge in [-0.2, -0.15) is 5.10 Å². The van der Waals surface area contributed by atoms with Gasteiger partial charge in [0.15, 0.2) is 10.8 Å². The quantitative estimate of drug-likeness (QED) is 0.221. The van der Waals surface area contributed by atoms with Crippen LogP contribution >= 0.6 is 11.8 Å². The molecule has 34 heavy (non-hydrogen) atoms. The number of aromatic nitrogens is 4. The van der Waals surface area contributed by atoms with Gasteiger partial charge in [0.05, 0.1) is 23.1 Å². The number of anilines is 1. The third-order valence-electron chi connectivity index (χ3n) is 5.73. The van der Waals surface area contributed by atoms with Gasteiger partial charge in [-0.3, -0.25) is 14.9 Å². The number of hydrogen-bond acceptors (Lipinski definition) is 8. The molecular formula is C23H29N7O3S. The summed E-state index contributed by atoms with van der Waals surface area (Å²) in [6.45, 7) is 8.55. The first-order chi connectivity index (χ1) is 16.3. The molecule has 1 aliphatic heterocycles. The van der Waals surface area contributed by atoms with Crippen LogP contribution in [0, 0.1) is 17.0 Å². The number of fused-ring (bicyclic) bond motifs is 1. The van der Waals surface area contributed by atoms with Crippen molar-refractivity contribution in [2.45, 2.75) is 57.0 Å². The predicted molar refractivity (Wildman–Crippen MR) is 133 cm³/mol. The molecule has 0 aliphatic carbocycles. The van der Waals surface area contributed by atoms with E-state index >= 15 is 0 Å². The molecular weight excluding hydrogens is 454 g/mol. The molecule has 3 heterocycles. The fraction of sp³-hybridized carbons (Fsp3) is 0.478. The van der Waals surface area contributed by atoms with Crippen molar-refractivity contribution in [2.75, 3.05) is 24.5 Å². The van der Waals surface area contributed by atoms with E-state index in [4.69, 9.17) is 9.97 Å². The minimum Gasteiger partial charge on any atom is -0.356 e. The highest BCUT2D eigenvalue weighted by Crippen LogP contribution is 2.30. The lowest BCUT2D eigenvalue weighted by Crippen LogP contribution is -2.30. The lowest BCUT2D eigenvalue weighted by molar-refractivity contribution is -0.385. The van der Waals surface area contributed by atoms with Crippen LogP contribution in [0.1, 0.15) is 49.0 Å². The van der Waals surface area contributed by atoms with Gasteiger partial charge in [-0.05, 0) is 32.3 Å². The number of benzene rings is 1. The SMILES string of the molecule is Cc1ccc(C(=O)NCCn2ncc3c(N4CCCCC4)nc(SC(C)C)nc32)cc1[N+](=O)[O-]. The minimum absolute atomic E-state index is 0.0668. The summed E-state index contributed by atoms with van der Waals surface area (Å²) in [5.74, 6) is 0.564. The fourth-order valence-electron chi connectivity index (χ4n) is 4.02.